The van der Waals surface area contributed by atoms with Gasteiger partial charge in [0.2, 0.25) is 0 Å². The number of nitrogens with zero attached hydrogens (tertiary/aromatic N) is 1. The molecule has 1 nitrogen and oxygen atoms in total. The number of aryl methyl sites for hydroxylation is 1. The summed E-state index contributed by atoms with van der Waals surface area (Å²) in [6.45, 7) is 0. The number of thiazole rings is 1. The number of rotatable bonds is 0. The lowest BCUT2D eigenvalue weighted by atomic mass is 10.3. The standard InChI is InChI=1S/C6H6BrNS2/c7-6-8-4-1-2-9-3-5(4)10-6/h1-3H2. The van der Waals surface area contributed by atoms with Crippen LogP contribution in [0.1, 0.15) is 10.6 Å². The van der Waals surface area contributed by atoms with E-state index < -0.39 is 0 Å². The molecule has 0 aromatic carbocycles. The van der Waals surface area contributed by atoms with E-state index in [1.807, 2.05) is 11.8 Å². The minimum Gasteiger partial charge on any atom is -0.234 e. The van der Waals surface area contributed by atoms with E-state index in [9.17, 15) is 0 Å². The number of hydrogen-bond donors (Lipinski definition) is 0. The zero-order valence-corrected chi connectivity index (χ0v) is 8.48. The van der Waals surface area contributed by atoms with E-state index in [0.717, 1.165) is 10.3 Å². The molecule has 2 rings (SSSR count). The van der Waals surface area contributed by atoms with Gasteiger partial charge in [0, 0.05) is 10.6 Å². The number of thioether (sulfide) groups is 1. The van der Waals surface area contributed by atoms with Gasteiger partial charge < -0.3 is 0 Å². The highest BCUT2D eigenvalue weighted by molar-refractivity contribution is 9.11. The van der Waals surface area contributed by atoms with Crippen LogP contribution >= 0.6 is 39.0 Å². The van der Waals surface area contributed by atoms with Gasteiger partial charge in [-0.2, -0.15) is 11.8 Å². The Morgan fingerprint density at radius 1 is 1.50 bits per heavy atom. The molecule has 0 bridgehead atoms. The molecule has 0 aliphatic carbocycles. The minimum atomic E-state index is 1.04. The molecule has 54 valence electrons. The van der Waals surface area contributed by atoms with Crippen LogP contribution in [0.3, 0.4) is 0 Å². The third kappa shape index (κ3) is 1.24. The molecule has 4 heteroatoms. The molecule has 1 aromatic rings. The van der Waals surface area contributed by atoms with Crippen LogP contribution in [-0.4, -0.2) is 10.7 Å². The summed E-state index contributed by atoms with van der Waals surface area (Å²) in [6.07, 6.45) is 1.15. The van der Waals surface area contributed by atoms with Crippen LogP contribution in [0.4, 0.5) is 0 Å². The number of aromatic nitrogens is 1. The summed E-state index contributed by atoms with van der Waals surface area (Å²) in [5, 5.41) is 0. The fraction of sp³-hybridized carbons (Fsp3) is 0.500. The molecule has 0 saturated heterocycles. The molecule has 10 heavy (non-hydrogen) atoms. The van der Waals surface area contributed by atoms with E-state index >= 15 is 0 Å². The second-order valence-corrected chi connectivity index (χ2v) is 5.60. The second kappa shape index (κ2) is 2.83. The number of fused-ring (bicyclic) bond motifs is 1. The molecule has 1 aliphatic heterocycles. The van der Waals surface area contributed by atoms with Crippen molar-refractivity contribution in [1.82, 2.24) is 4.98 Å². The third-order valence-electron chi connectivity index (χ3n) is 1.47. The van der Waals surface area contributed by atoms with Crippen molar-refractivity contribution in [3.8, 4) is 0 Å². The minimum absolute atomic E-state index is 1.04. The molecule has 1 aromatic heterocycles. The molecule has 0 N–H and O–H groups in total. The molecule has 0 spiro atoms. The molecule has 1 aliphatic rings. The second-order valence-electron chi connectivity index (χ2n) is 2.14. The van der Waals surface area contributed by atoms with E-state index in [0.29, 0.717) is 0 Å². The smallest absolute Gasteiger partial charge is 0.159 e. The summed E-state index contributed by atoms with van der Waals surface area (Å²) in [7, 11) is 0. The first-order chi connectivity index (χ1) is 4.86. The predicted octanol–water partition coefficient (Wildman–Crippen LogP) is 2.69. The van der Waals surface area contributed by atoms with Gasteiger partial charge in [-0.05, 0) is 28.1 Å². The zero-order chi connectivity index (χ0) is 6.97. The van der Waals surface area contributed by atoms with Crippen LogP contribution in [0.25, 0.3) is 0 Å². The summed E-state index contributed by atoms with van der Waals surface area (Å²) in [5.41, 5.74) is 1.32. The van der Waals surface area contributed by atoms with Crippen molar-refractivity contribution in [3.63, 3.8) is 0 Å². The van der Waals surface area contributed by atoms with Gasteiger partial charge in [-0.1, -0.05) is 0 Å². The van der Waals surface area contributed by atoms with Gasteiger partial charge >= 0.3 is 0 Å². The van der Waals surface area contributed by atoms with Crippen LogP contribution in [0.2, 0.25) is 0 Å². The first kappa shape index (κ1) is 7.13. The van der Waals surface area contributed by atoms with Crippen molar-refractivity contribution in [1.29, 1.82) is 0 Å². The molecule has 0 fully saturated rings. The fourth-order valence-corrected chi connectivity index (χ4v) is 3.74. The number of hydrogen-bond acceptors (Lipinski definition) is 3. The topological polar surface area (TPSA) is 12.9 Å². The van der Waals surface area contributed by atoms with Gasteiger partial charge in [-0.15, -0.1) is 11.3 Å². The average molecular weight is 236 g/mol. The summed E-state index contributed by atoms with van der Waals surface area (Å²) in [5.74, 6) is 2.40. The number of halogens is 1. The summed E-state index contributed by atoms with van der Waals surface area (Å²) in [6, 6.07) is 0. The molecule has 2 heterocycles. The Morgan fingerprint density at radius 3 is 3.20 bits per heavy atom. The van der Waals surface area contributed by atoms with Gasteiger partial charge in [0.25, 0.3) is 0 Å². The summed E-state index contributed by atoms with van der Waals surface area (Å²) < 4.78 is 1.04. The van der Waals surface area contributed by atoms with E-state index in [2.05, 4.69) is 20.9 Å². The Morgan fingerprint density at radius 2 is 2.40 bits per heavy atom. The third-order valence-corrected chi connectivity index (χ3v) is 4.19. The quantitative estimate of drug-likeness (QED) is 0.686. The Balaban J connectivity index is 2.41. The van der Waals surface area contributed by atoms with Crippen LogP contribution in [0, 0.1) is 0 Å². The molecule has 0 atom stereocenters. The van der Waals surface area contributed by atoms with Crippen molar-refractivity contribution in [3.05, 3.63) is 14.5 Å². The molecule has 0 amide bonds. The maximum Gasteiger partial charge on any atom is 0.159 e. The van der Waals surface area contributed by atoms with Crippen LogP contribution in [0.15, 0.2) is 3.92 Å². The van der Waals surface area contributed by atoms with E-state index in [-0.39, 0.29) is 0 Å². The molecule has 0 saturated carbocycles. The monoisotopic (exact) mass is 235 g/mol. The molecule has 0 radical (unpaired) electrons. The van der Waals surface area contributed by atoms with E-state index in [1.54, 1.807) is 11.3 Å². The molecule has 0 unspecified atom stereocenters. The lowest BCUT2D eigenvalue weighted by molar-refractivity contribution is 1.02. The van der Waals surface area contributed by atoms with Gasteiger partial charge in [0.15, 0.2) is 3.92 Å². The summed E-state index contributed by atoms with van der Waals surface area (Å²) >= 11 is 7.17. The average Bonchev–Trinajstić information content (AvgIpc) is 2.27. The van der Waals surface area contributed by atoms with Crippen molar-refractivity contribution >= 4 is 39.0 Å². The first-order valence-electron chi connectivity index (χ1n) is 3.08. The van der Waals surface area contributed by atoms with Crippen LogP contribution in [-0.2, 0) is 12.2 Å². The van der Waals surface area contributed by atoms with Crippen molar-refractivity contribution in [2.75, 3.05) is 5.75 Å². The highest BCUT2D eigenvalue weighted by atomic mass is 79.9. The van der Waals surface area contributed by atoms with Gasteiger partial charge in [-0.25, -0.2) is 4.98 Å². The van der Waals surface area contributed by atoms with Crippen molar-refractivity contribution < 1.29 is 0 Å². The summed E-state index contributed by atoms with van der Waals surface area (Å²) in [4.78, 5) is 5.83. The Kier molecular flexibility index (Phi) is 2.02. The predicted molar refractivity (Wildman–Crippen MR) is 49.7 cm³/mol. The van der Waals surface area contributed by atoms with Gasteiger partial charge in [-0.3, -0.25) is 0 Å². The normalized spacial score (nSPS) is 16.9. The van der Waals surface area contributed by atoms with Crippen LogP contribution < -0.4 is 0 Å². The largest absolute Gasteiger partial charge is 0.234 e. The van der Waals surface area contributed by atoms with Crippen molar-refractivity contribution in [2.45, 2.75) is 12.2 Å². The SMILES string of the molecule is Brc1nc2c(s1)CSCC2. The highest BCUT2D eigenvalue weighted by Crippen LogP contribution is 2.31. The first-order valence-corrected chi connectivity index (χ1v) is 5.84. The van der Waals surface area contributed by atoms with E-state index in [1.165, 1.54) is 22.1 Å². The Bertz CT molecular complexity index is 222. The highest BCUT2D eigenvalue weighted by Gasteiger charge is 2.13. The van der Waals surface area contributed by atoms with Gasteiger partial charge in [0.1, 0.15) is 0 Å². The maximum atomic E-state index is 4.37. The Labute approximate surface area is 76.4 Å². The zero-order valence-electron chi connectivity index (χ0n) is 5.26. The molecular weight excluding hydrogens is 230 g/mol. The van der Waals surface area contributed by atoms with Gasteiger partial charge in [0.05, 0.1) is 5.69 Å². The Hall–Kier alpha value is 0.460. The lowest BCUT2D eigenvalue weighted by Crippen LogP contribution is -1.98. The van der Waals surface area contributed by atoms with Crippen molar-refractivity contribution in [2.24, 2.45) is 0 Å². The van der Waals surface area contributed by atoms with Crippen LogP contribution in [0.5, 0.6) is 0 Å². The van der Waals surface area contributed by atoms with E-state index in [4.69, 9.17) is 0 Å². The molecular formula is C6H6BrNS2. The lowest BCUT2D eigenvalue weighted by Gasteiger charge is -2.06. The maximum absolute atomic E-state index is 4.37. The fourth-order valence-electron chi connectivity index (χ4n) is 0.994.